The van der Waals surface area contributed by atoms with Crippen molar-refractivity contribution in [1.29, 1.82) is 0 Å². The molecule has 0 saturated heterocycles. The summed E-state index contributed by atoms with van der Waals surface area (Å²) in [7, 11) is 1.56. The van der Waals surface area contributed by atoms with Crippen LogP contribution in [0, 0.1) is 0 Å². The largest absolute Gasteiger partial charge is 0.497 e. The summed E-state index contributed by atoms with van der Waals surface area (Å²) in [5, 5.41) is 5.59. The molecule has 2 rings (SSSR count). The molecule has 6 nitrogen and oxygen atoms in total. The first-order chi connectivity index (χ1) is 12.2. The number of rotatable bonds is 8. The van der Waals surface area contributed by atoms with Crippen LogP contribution in [0.4, 0.5) is 0 Å². The molecule has 7 heteroatoms. The molecule has 4 N–H and O–H groups in total. The van der Waals surface area contributed by atoms with Crippen LogP contribution in [0.2, 0.25) is 0 Å². The molecule has 26 heavy (non-hydrogen) atoms. The second-order valence-corrected chi connectivity index (χ2v) is 5.48. The Hall–Kier alpha value is -2.57. The first kappa shape index (κ1) is 21.5. The molecule has 0 aliphatic carbocycles. The van der Waals surface area contributed by atoms with Gasteiger partial charge in [0.1, 0.15) is 11.8 Å². The molecule has 2 amide bonds. The zero-order valence-electron chi connectivity index (χ0n) is 14.6. The van der Waals surface area contributed by atoms with Crippen molar-refractivity contribution in [3.05, 3.63) is 65.7 Å². The van der Waals surface area contributed by atoms with Crippen molar-refractivity contribution in [3.8, 4) is 5.75 Å². The third-order valence-corrected chi connectivity index (χ3v) is 3.70. The topological polar surface area (TPSA) is 93.4 Å². The quantitative estimate of drug-likeness (QED) is 0.614. The number of hydrogen-bond acceptors (Lipinski definition) is 4. The lowest BCUT2D eigenvalue weighted by Gasteiger charge is -2.19. The maximum Gasteiger partial charge on any atom is 0.252 e. The van der Waals surface area contributed by atoms with E-state index in [1.165, 1.54) is 0 Å². The van der Waals surface area contributed by atoms with Crippen LogP contribution < -0.4 is 21.1 Å². The predicted octanol–water partition coefficient (Wildman–Crippen LogP) is 2.05. The molecule has 2 aromatic carbocycles. The average molecular weight is 378 g/mol. The van der Waals surface area contributed by atoms with E-state index in [0.29, 0.717) is 30.8 Å². The third kappa shape index (κ3) is 6.06. The van der Waals surface area contributed by atoms with E-state index in [9.17, 15) is 9.59 Å². The lowest BCUT2D eigenvalue weighted by Crippen LogP contribution is -2.41. The van der Waals surface area contributed by atoms with Gasteiger partial charge in [-0.2, -0.15) is 0 Å². The van der Waals surface area contributed by atoms with Crippen LogP contribution in [-0.2, 0) is 4.79 Å². The minimum atomic E-state index is -0.770. The van der Waals surface area contributed by atoms with Crippen molar-refractivity contribution in [2.75, 3.05) is 20.2 Å². The summed E-state index contributed by atoms with van der Waals surface area (Å²) in [5.41, 5.74) is 6.62. The molecule has 0 aromatic heterocycles. The van der Waals surface area contributed by atoms with Crippen molar-refractivity contribution in [3.63, 3.8) is 0 Å². The Morgan fingerprint density at radius 3 is 2.31 bits per heavy atom. The number of nitrogens with one attached hydrogen (secondary N) is 2. The molecule has 0 aliphatic rings. The van der Waals surface area contributed by atoms with Crippen LogP contribution in [0.1, 0.15) is 28.4 Å². The number of ether oxygens (including phenoxy) is 1. The maximum absolute atomic E-state index is 12.5. The van der Waals surface area contributed by atoms with Gasteiger partial charge in [-0.3, -0.25) is 9.59 Å². The van der Waals surface area contributed by atoms with Crippen LogP contribution in [0.5, 0.6) is 5.75 Å². The molecule has 1 atom stereocenters. The van der Waals surface area contributed by atoms with Crippen molar-refractivity contribution in [1.82, 2.24) is 10.6 Å². The zero-order chi connectivity index (χ0) is 18.1. The fourth-order valence-corrected chi connectivity index (χ4v) is 2.32. The number of methoxy groups -OCH3 is 1. The van der Waals surface area contributed by atoms with Gasteiger partial charge >= 0.3 is 0 Å². The van der Waals surface area contributed by atoms with Crippen molar-refractivity contribution in [2.24, 2.45) is 5.73 Å². The van der Waals surface area contributed by atoms with Crippen molar-refractivity contribution >= 4 is 24.2 Å². The summed E-state index contributed by atoms with van der Waals surface area (Å²) in [6.45, 7) is 0.964. The van der Waals surface area contributed by atoms with E-state index in [0.717, 1.165) is 5.56 Å². The van der Waals surface area contributed by atoms with E-state index >= 15 is 0 Å². The standard InChI is InChI=1S/C19H23N3O3.ClH/c1-25-16-10-8-15(9-11-16)18(23)22-17(14-6-3-2-4-7-14)19(24)21-13-5-12-20;/h2-4,6-11,17H,5,12-13,20H2,1H3,(H,21,24)(H,22,23);1H. The van der Waals surface area contributed by atoms with Crippen LogP contribution in [-0.4, -0.2) is 32.0 Å². The summed E-state index contributed by atoms with van der Waals surface area (Å²) >= 11 is 0. The van der Waals surface area contributed by atoms with Gasteiger partial charge in [0, 0.05) is 12.1 Å². The first-order valence-corrected chi connectivity index (χ1v) is 8.13. The molecule has 0 spiro atoms. The molecule has 0 saturated carbocycles. The van der Waals surface area contributed by atoms with E-state index in [4.69, 9.17) is 10.5 Å². The molecule has 1 unspecified atom stereocenters. The van der Waals surface area contributed by atoms with Crippen LogP contribution in [0.25, 0.3) is 0 Å². The van der Waals surface area contributed by atoms with Gasteiger partial charge in [-0.15, -0.1) is 12.4 Å². The van der Waals surface area contributed by atoms with E-state index in [-0.39, 0.29) is 24.2 Å². The molecule has 0 aliphatic heterocycles. The number of hydrogen-bond donors (Lipinski definition) is 3. The number of carbonyl (C=O) groups excluding carboxylic acids is 2. The molecule has 0 radical (unpaired) electrons. The van der Waals surface area contributed by atoms with E-state index in [1.807, 2.05) is 30.3 Å². The minimum absolute atomic E-state index is 0. The second-order valence-electron chi connectivity index (χ2n) is 5.48. The zero-order valence-corrected chi connectivity index (χ0v) is 15.4. The fraction of sp³-hybridized carbons (Fsp3) is 0.263. The summed E-state index contributed by atoms with van der Waals surface area (Å²) in [4.78, 5) is 25.0. The Balaban J connectivity index is 0.00000338. The summed E-state index contributed by atoms with van der Waals surface area (Å²) < 4.78 is 5.09. The van der Waals surface area contributed by atoms with Gasteiger partial charge in [-0.05, 0) is 42.8 Å². The molecule has 140 valence electrons. The highest BCUT2D eigenvalue weighted by Crippen LogP contribution is 2.16. The van der Waals surface area contributed by atoms with Gasteiger partial charge in [0.2, 0.25) is 5.91 Å². The average Bonchev–Trinajstić information content (AvgIpc) is 2.66. The lowest BCUT2D eigenvalue weighted by molar-refractivity contribution is -0.123. The summed E-state index contributed by atoms with van der Waals surface area (Å²) in [5.74, 6) is 0.0719. The van der Waals surface area contributed by atoms with Crippen molar-refractivity contribution in [2.45, 2.75) is 12.5 Å². The van der Waals surface area contributed by atoms with Crippen LogP contribution in [0.3, 0.4) is 0 Å². The third-order valence-electron chi connectivity index (χ3n) is 3.70. The first-order valence-electron chi connectivity index (χ1n) is 8.13. The second kappa shape index (κ2) is 11.1. The Kier molecular flexibility index (Phi) is 9.19. The Labute approximate surface area is 159 Å². The van der Waals surface area contributed by atoms with Gasteiger partial charge < -0.3 is 21.1 Å². The van der Waals surface area contributed by atoms with Gasteiger partial charge in [0.05, 0.1) is 7.11 Å². The highest BCUT2D eigenvalue weighted by Gasteiger charge is 2.22. The number of benzene rings is 2. The predicted molar refractivity (Wildman–Crippen MR) is 104 cm³/mol. The van der Waals surface area contributed by atoms with Crippen LogP contribution in [0.15, 0.2) is 54.6 Å². The molecule has 0 heterocycles. The van der Waals surface area contributed by atoms with Gasteiger partial charge in [0.25, 0.3) is 5.91 Å². The SMILES string of the molecule is COc1ccc(C(=O)NC(C(=O)NCCCN)c2ccccc2)cc1.Cl. The van der Waals surface area contributed by atoms with E-state index < -0.39 is 6.04 Å². The summed E-state index contributed by atoms with van der Waals surface area (Å²) in [6.07, 6.45) is 0.680. The van der Waals surface area contributed by atoms with E-state index in [1.54, 1.807) is 31.4 Å². The van der Waals surface area contributed by atoms with Gasteiger partial charge in [0.15, 0.2) is 0 Å². The van der Waals surface area contributed by atoms with Crippen LogP contribution >= 0.6 is 12.4 Å². The monoisotopic (exact) mass is 377 g/mol. The fourth-order valence-electron chi connectivity index (χ4n) is 2.32. The Morgan fingerprint density at radius 2 is 1.73 bits per heavy atom. The molecular formula is C19H24ClN3O3. The molecule has 2 aromatic rings. The molecule has 0 bridgehead atoms. The number of halogens is 1. The Bertz CT molecular complexity index is 693. The molecular weight excluding hydrogens is 354 g/mol. The lowest BCUT2D eigenvalue weighted by atomic mass is 10.1. The normalized spacial score (nSPS) is 11.0. The Morgan fingerprint density at radius 1 is 1.08 bits per heavy atom. The molecule has 0 fully saturated rings. The van der Waals surface area contributed by atoms with Crippen molar-refractivity contribution < 1.29 is 14.3 Å². The summed E-state index contributed by atoms with van der Waals surface area (Å²) in [6, 6.07) is 15.1. The smallest absolute Gasteiger partial charge is 0.252 e. The highest BCUT2D eigenvalue weighted by atomic mass is 35.5. The van der Waals surface area contributed by atoms with E-state index in [2.05, 4.69) is 10.6 Å². The number of amides is 2. The van der Waals surface area contributed by atoms with Gasteiger partial charge in [-0.1, -0.05) is 30.3 Å². The van der Waals surface area contributed by atoms with Gasteiger partial charge in [-0.25, -0.2) is 0 Å². The highest BCUT2D eigenvalue weighted by molar-refractivity contribution is 5.98. The maximum atomic E-state index is 12.5. The minimum Gasteiger partial charge on any atom is -0.497 e. The number of nitrogens with two attached hydrogens (primary N) is 1. The number of carbonyl (C=O) groups is 2.